The van der Waals surface area contributed by atoms with Gasteiger partial charge in [0.15, 0.2) is 22.8 Å². The van der Waals surface area contributed by atoms with Crippen molar-refractivity contribution in [3.63, 3.8) is 0 Å². The number of thioether (sulfide) groups is 1. The van der Waals surface area contributed by atoms with Gasteiger partial charge in [-0.25, -0.2) is 15.0 Å². The second kappa shape index (κ2) is 5.39. The lowest BCUT2D eigenvalue weighted by atomic mass is 10.1. The fourth-order valence-corrected chi connectivity index (χ4v) is 2.67. The van der Waals surface area contributed by atoms with Gasteiger partial charge in [-0.2, -0.15) is 0 Å². The van der Waals surface area contributed by atoms with E-state index in [0.29, 0.717) is 16.3 Å². The second-order valence-corrected chi connectivity index (χ2v) is 5.42. The molecular formula is C11H15N5O4S. The third-order valence-electron chi connectivity index (χ3n) is 3.40. The molecule has 3 rings (SSSR count). The summed E-state index contributed by atoms with van der Waals surface area (Å²) >= 11 is 1.32. The summed E-state index contributed by atoms with van der Waals surface area (Å²) in [5.74, 6) is 0.231. The molecule has 1 saturated heterocycles. The second-order valence-electron chi connectivity index (χ2n) is 4.65. The fraction of sp³-hybridized carbons (Fsp3) is 0.545. The van der Waals surface area contributed by atoms with Crippen LogP contribution in [-0.4, -0.2) is 66.0 Å². The molecule has 0 bridgehead atoms. The number of aliphatic hydroxyl groups is 3. The maximum atomic E-state index is 10.1. The van der Waals surface area contributed by atoms with Gasteiger partial charge in [0.2, 0.25) is 0 Å². The van der Waals surface area contributed by atoms with Crippen molar-refractivity contribution >= 4 is 28.7 Å². The summed E-state index contributed by atoms with van der Waals surface area (Å²) in [5.41, 5.74) is 6.63. The van der Waals surface area contributed by atoms with Gasteiger partial charge in [0.25, 0.3) is 0 Å². The van der Waals surface area contributed by atoms with E-state index in [1.54, 1.807) is 0 Å². The van der Waals surface area contributed by atoms with Crippen molar-refractivity contribution in [2.45, 2.75) is 29.7 Å². The lowest BCUT2D eigenvalue weighted by Crippen LogP contribution is -2.33. The molecule has 2 aromatic heterocycles. The minimum Gasteiger partial charge on any atom is -0.394 e. The Kier molecular flexibility index (Phi) is 3.71. The van der Waals surface area contributed by atoms with Crippen LogP contribution in [0.2, 0.25) is 0 Å². The van der Waals surface area contributed by atoms with Crippen LogP contribution < -0.4 is 5.73 Å². The van der Waals surface area contributed by atoms with E-state index < -0.39 is 31.1 Å². The fourth-order valence-electron chi connectivity index (χ4n) is 2.30. The average Bonchev–Trinajstić information content (AvgIpc) is 3.02. The zero-order valence-corrected chi connectivity index (χ0v) is 11.9. The van der Waals surface area contributed by atoms with Crippen LogP contribution >= 0.6 is 11.8 Å². The monoisotopic (exact) mass is 313 g/mol. The van der Waals surface area contributed by atoms with Crippen molar-refractivity contribution in [1.29, 1.82) is 0 Å². The minimum absolute atomic E-state index is 0.231. The molecule has 0 unspecified atom stereocenters. The van der Waals surface area contributed by atoms with Crippen LogP contribution in [0.1, 0.15) is 6.23 Å². The Morgan fingerprint density at radius 3 is 2.76 bits per heavy atom. The number of rotatable bonds is 3. The molecule has 0 radical (unpaired) electrons. The van der Waals surface area contributed by atoms with Gasteiger partial charge in [-0.3, -0.25) is 4.57 Å². The molecule has 4 atom stereocenters. The number of nitrogens with two attached hydrogens (primary N) is 1. The number of nitrogens with zero attached hydrogens (tertiary/aromatic N) is 4. The standard InChI is InChI=1S/C11H15N5O4S/c1-21-11-14-8(12)5-9(15-11)16(3-13-5)10-7(19)6(18)4(2-17)20-10/h3-4,6-7,10,17-19H,2H2,1H3,(H2,12,14,15)/t4-,6+,7+,10-/m1/s1. The van der Waals surface area contributed by atoms with E-state index >= 15 is 0 Å². The maximum absolute atomic E-state index is 10.1. The van der Waals surface area contributed by atoms with Crippen molar-refractivity contribution < 1.29 is 20.1 Å². The molecule has 3 heterocycles. The summed E-state index contributed by atoms with van der Waals surface area (Å²) in [6.45, 7) is -0.394. The van der Waals surface area contributed by atoms with Crippen LogP contribution in [0.15, 0.2) is 11.5 Å². The average molecular weight is 313 g/mol. The molecule has 5 N–H and O–H groups in total. The van der Waals surface area contributed by atoms with Crippen molar-refractivity contribution in [2.24, 2.45) is 0 Å². The van der Waals surface area contributed by atoms with Gasteiger partial charge >= 0.3 is 0 Å². The lowest BCUT2D eigenvalue weighted by Gasteiger charge is -2.16. The maximum Gasteiger partial charge on any atom is 0.191 e. The Morgan fingerprint density at radius 2 is 2.14 bits per heavy atom. The van der Waals surface area contributed by atoms with E-state index in [0.717, 1.165) is 0 Å². The molecule has 9 nitrogen and oxygen atoms in total. The number of imidazole rings is 1. The molecule has 0 spiro atoms. The van der Waals surface area contributed by atoms with Crippen LogP contribution in [0.4, 0.5) is 5.82 Å². The van der Waals surface area contributed by atoms with Crippen LogP contribution in [0.3, 0.4) is 0 Å². The number of hydrogen-bond acceptors (Lipinski definition) is 9. The molecule has 2 aromatic rings. The van der Waals surface area contributed by atoms with E-state index in [9.17, 15) is 10.2 Å². The molecule has 1 fully saturated rings. The van der Waals surface area contributed by atoms with E-state index in [1.807, 2.05) is 6.26 Å². The first-order chi connectivity index (χ1) is 10.1. The predicted molar refractivity (Wildman–Crippen MR) is 74.5 cm³/mol. The van der Waals surface area contributed by atoms with E-state index in [4.69, 9.17) is 15.6 Å². The Bertz CT molecular complexity index is 665. The van der Waals surface area contributed by atoms with Crippen molar-refractivity contribution in [2.75, 3.05) is 18.6 Å². The number of aromatic nitrogens is 4. The quantitative estimate of drug-likeness (QED) is 0.404. The van der Waals surface area contributed by atoms with Crippen LogP contribution in [0.25, 0.3) is 11.2 Å². The molecule has 0 aromatic carbocycles. The van der Waals surface area contributed by atoms with Crippen molar-refractivity contribution in [1.82, 2.24) is 19.5 Å². The highest BCUT2D eigenvalue weighted by Gasteiger charge is 2.44. The molecule has 1 aliphatic rings. The van der Waals surface area contributed by atoms with Gasteiger partial charge in [0.05, 0.1) is 12.9 Å². The number of anilines is 1. The summed E-state index contributed by atoms with van der Waals surface area (Å²) in [6, 6.07) is 0. The SMILES string of the molecule is CSc1nc(N)c2ncn([C@@H]3O[C@H](CO)[C@H](O)[C@@H]3O)c2n1. The largest absolute Gasteiger partial charge is 0.394 e. The summed E-state index contributed by atoms with van der Waals surface area (Å²) in [5, 5.41) is 29.5. The molecular weight excluding hydrogens is 298 g/mol. The first-order valence-corrected chi connectivity index (χ1v) is 7.45. The number of nitrogen functional groups attached to an aromatic ring is 1. The van der Waals surface area contributed by atoms with Crippen LogP contribution in [-0.2, 0) is 4.74 Å². The molecule has 0 saturated carbocycles. The highest BCUT2D eigenvalue weighted by Crippen LogP contribution is 2.32. The summed E-state index contributed by atoms with van der Waals surface area (Å²) < 4.78 is 6.95. The molecule has 1 aliphatic heterocycles. The Labute approximate surface area is 123 Å². The van der Waals surface area contributed by atoms with Crippen molar-refractivity contribution in [3.8, 4) is 0 Å². The van der Waals surface area contributed by atoms with Gasteiger partial charge in [0, 0.05) is 0 Å². The van der Waals surface area contributed by atoms with Gasteiger partial charge in [-0.15, -0.1) is 0 Å². The van der Waals surface area contributed by atoms with Gasteiger partial charge in [0.1, 0.15) is 23.8 Å². The highest BCUT2D eigenvalue weighted by molar-refractivity contribution is 7.98. The van der Waals surface area contributed by atoms with Gasteiger partial charge in [-0.05, 0) is 6.26 Å². The molecule has 0 amide bonds. The number of hydrogen-bond donors (Lipinski definition) is 4. The van der Waals surface area contributed by atoms with E-state index in [-0.39, 0.29) is 5.82 Å². The summed E-state index contributed by atoms with van der Waals surface area (Å²) in [6.07, 6.45) is -0.911. The molecule has 21 heavy (non-hydrogen) atoms. The zero-order valence-electron chi connectivity index (χ0n) is 11.1. The Hall–Kier alpha value is -1.46. The normalized spacial score (nSPS) is 29.3. The molecule has 10 heteroatoms. The zero-order chi connectivity index (χ0) is 15.1. The van der Waals surface area contributed by atoms with Gasteiger partial charge < -0.3 is 25.8 Å². The first-order valence-electron chi connectivity index (χ1n) is 6.23. The Balaban J connectivity index is 2.07. The van der Waals surface area contributed by atoms with Crippen molar-refractivity contribution in [3.05, 3.63) is 6.33 Å². The van der Waals surface area contributed by atoms with E-state index in [1.165, 1.54) is 22.7 Å². The van der Waals surface area contributed by atoms with E-state index in [2.05, 4.69) is 15.0 Å². The number of fused-ring (bicyclic) bond motifs is 1. The third-order valence-corrected chi connectivity index (χ3v) is 3.95. The molecule has 114 valence electrons. The van der Waals surface area contributed by atoms with Crippen LogP contribution in [0, 0.1) is 0 Å². The smallest absolute Gasteiger partial charge is 0.191 e. The first kappa shape index (κ1) is 14.5. The van der Waals surface area contributed by atoms with Crippen LogP contribution in [0.5, 0.6) is 0 Å². The Morgan fingerprint density at radius 1 is 1.38 bits per heavy atom. The number of ether oxygens (including phenoxy) is 1. The lowest BCUT2D eigenvalue weighted by molar-refractivity contribution is -0.0511. The topological polar surface area (TPSA) is 140 Å². The third kappa shape index (κ3) is 2.24. The molecule has 0 aliphatic carbocycles. The highest BCUT2D eigenvalue weighted by atomic mass is 32.2. The number of aliphatic hydroxyl groups excluding tert-OH is 3. The van der Waals surface area contributed by atoms with Gasteiger partial charge in [-0.1, -0.05) is 11.8 Å². The summed E-state index contributed by atoms with van der Waals surface area (Å²) in [7, 11) is 0. The minimum atomic E-state index is -1.20. The summed E-state index contributed by atoms with van der Waals surface area (Å²) in [4.78, 5) is 12.5. The predicted octanol–water partition coefficient (Wildman–Crippen LogP) is -1.26.